The second-order valence-electron chi connectivity index (χ2n) is 6.56. The van der Waals surface area contributed by atoms with Gasteiger partial charge in [-0.1, -0.05) is 53.4 Å². The molecule has 96 valence electrons. The molecule has 1 aliphatic rings. The fourth-order valence-corrected chi connectivity index (χ4v) is 3.49. The van der Waals surface area contributed by atoms with Gasteiger partial charge in [0.25, 0.3) is 0 Å². The van der Waals surface area contributed by atoms with Gasteiger partial charge in [0, 0.05) is 5.54 Å². The molecule has 0 amide bonds. The minimum atomic E-state index is 0.155. The van der Waals surface area contributed by atoms with Crippen molar-refractivity contribution in [3.8, 4) is 0 Å². The molecule has 0 bridgehead atoms. The van der Waals surface area contributed by atoms with Gasteiger partial charge >= 0.3 is 0 Å². The second kappa shape index (κ2) is 6.05. The fraction of sp³-hybridized carbons (Fsp3) is 1.00. The lowest BCUT2D eigenvalue weighted by atomic mass is 9.69. The molecule has 1 saturated carbocycles. The van der Waals surface area contributed by atoms with Gasteiger partial charge in [-0.2, -0.15) is 0 Å². The third-order valence-corrected chi connectivity index (χ3v) is 4.40. The van der Waals surface area contributed by atoms with Crippen LogP contribution in [0.3, 0.4) is 0 Å². The Labute approximate surface area is 102 Å². The summed E-state index contributed by atoms with van der Waals surface area (Å²) in [7, 11) is 0. The van der Waals surface area contributed by atoms with E-state index < -0.39 is 0 Å². The monoisotopic (exact) mass is 225 g/mol. The third kappa shape index (κ3) is 4.08. The van der Waals surface area contributed by atoms with E-state index in [0.29, 0.717) is 0 Å². The van der Waals surface area contributed by atoms with Gasteiger partial charge in [-0.15, -0.1) is 0 Å². The molecular formula is C15H31N. The van der Waals surface area contributed by atoms with Crippen LogP contribution in [-0.2, 0) is 0 Å². The molecule has 0 aromatic carbocycles. The van der Waals surface area contributed by atoms with Crippen molar-refractivity contribution in [3.63, 3.8) is 0 Å². The van der Waals surface area contributed by atoms with Gasteiger partial charge in [0.1, 0.15) is 0 Å². The first-order valence-corrected chi connectivity index (χ1v) is 7.25. The predicted molar refractivity (Wildman–Crippen MR) is 72.4 cm³/mol. The van der Waals surface area contributed by atoms with E-state index in [4.69, 9.17) is 5.73 Å². The van der Waals surface area contributed by atoms with Crippen molar-refractivity contribution in [2.24, 2.45) is 23.5 Å². The summed E-state index contributed by atoms with van der Waals surface area (Å²) in [5.41, 5.74) is 6.77. The van der Waals surface area contributed by atoms with Crippen LogP contribution in [0.15, 0.2) is 0 Å². The predicted octanol–water partition coefficient (Wildman–Crippen LogP) is 4.36. The summed E-state index contributed by atoms with van der Waals surface area (Å²) in [5, 5.41) is 0. The Bertz CT molecular complexity index is 200. The lowest BCUT2D eigenvalue weighted by molar-refractivity contribution is 0.157. The quantitative estimate of drug-likeness (QED) is 0.739. The molecule has 0 aromatic rings. The minimum Gasteiger partial charge on any atom is -0.325 e. The fourth-order valence-electron chi connectivity index (χ4n) is 3.49. The highest BCUT2D eigenvalue weighted by Crippen LogP contribution is 2.38. The van der Waals surface area contributed by atoms with Gasteiger partial charge in [0.2, 0.25) is 0 Å². The molecule has 0 aliphatic heterocycles. The third-order valence-electron chi connectivity index (χ3n) is 4.40. The Hall–Kier alpha value is -0.0400. The SMILES string of the molecule is CCCC(C)CC1(N)CCCC(C(C)C)C1. The summed E-state index contributed by atoms with van der Waals surface area (Å²) in [4.78, 5) is 0. The van der Waals surface area contributed by atoms with Gasteiger partial charge in [-0.05, 0) is 37.0 Å². The zero-order valence-electron chi connectivity index (χ0n) is 11.8. The first-order valence-electron chi connectivity index (χ1n) is 7.25. The Balaban J connectivity index is 2.48. The van der Waals surface area contributed by atoms with Gasteiger partial charge in [0.15, 0.2) is 0 Å². The van der Waals surface area contributed by atoms with Gasteiger partial charge in [-0.25, -0.2) is 0 Å². The molecule has 2 N–H and O–H groups in total. The average Bonchev–Trinajstić information content (AvgIpc) is 2.16. The molecule has 1 heteroatoms. The van der Waals surface area contributed by atoms with Crippen LogP contribution in [0.4, 0.5) is 0 Å². The number of hydrogen-bond acceptors (Lipinski definition) is 1. The zero-order valence-corrected chi connectivity index (χ0v) is 11.8. The summed E-state index contributed by atoms with van der Waals surface area (Å²) < 4.78 is 0. The second-order valence-corrected chi connectivity index (χ2v) is 6.56. The lowest BCUT2D eigenvalue weighted by Gasteiger charge is -2.41. The Morgan fingerprint density at radius 1 is 1.31 bits per heavy atom. The molecular weight excluding hydrogens is 194 g/mol. The first-order chi connectivity index (χ1) is 7.47. The minimum absolute atomic E-state index is 0.155. The molecule has 0 heterocycles. The summed E-state index contributed by atoms with van der Waals surface area (Å²) >= 11 is 0. The highest BCUT2D eigenvalue weighted by molar-refractivity contribution is 4.92. The topological polar surface area (TPSA) is 26.0 Å². The zero-order chi connectivity index (χ0) is 12.2. The molecule has 1 fully saturated rings. The molecule has 16 heavy (non-hydrogen) atoms. The van der Waals surface area contributed by atoms with Crippen LogP contribution in [0.1, 0.15) is 72.6 Å². The van der Waals surface area contributed by atoms with Crippen LogP contribution in [0.25, 0.3) is 0 Å². The molecule has 1 rings (SSSR count). The van der Waals surface area contributed by atoms with Gasteiger partial charge in [0.05, 0.1) is 0 Å². The highest BCUT2D eigenvalue weighted by atomic mass is 14.7. The Kier molecular flexibility index (Phi) is 5.30. The van der Waals surface area contributed by atoms with E-state index in [1.54, 1.807) is 0 Å². The van der Waals surface area contributed by atoms with Crippen LogP contribution in [-0.4, -0.2) is 5.54 Å². The average molecular weight is 225 g/mol. The summed E-state index contributed by atoms with van der Waals surface area (Å²) in [6.45, 7) is 9.35. The van der Waals surface area contributed by atoms with Crippen molar-refractivity contribution in [1.82, 2.24) is 0 Å². The number of rotatable bonds is 5. The van der Waals surface area contributed by atoms with E-state index in [0.717, 1.165) is 17.8 Å². The van der Waals surface area contributed by atoms with Crippen molar-refractivity contribution < 1.29 is 0 Å². The van der Waals surface area contributed by atoms with Crippen molar-refractivity contribution in [2.45, 2.75) is 78.2 Å². The molecule has 3 unspecified atom stereocenters. The van der Waals surface area contributed by atoms with Crippen molar-refractivity contribution in [1.29, 1.82) is 0 Å². The maximum Gasteiger partial charge on any atom is 0.0159 e. The van der Waals surface area contributed by atoms with Crippen molar-refractivity contribution >= 4 is 0 Å². The maximum atomic E-state index is 6.62. The van der Waals surface area contributed by atoms with E-state index in [1.165, 1.54) is 44.9 Å². The first kappa shape index (κ1) is 14.0. The van der Waals surface area contributed by atoms with Crippen LogP contribution in [0.2, 0.25) is 0 Å². The van der Waals surface area contributed by atoms with Gasteiger partial charge in [-0.3, -0.25) is 0 Å². The van der Waals surface area contributed by atoms with E-state index in [9.17, 15) is 0 Å². The normalized spacial score (nSPS) is 33.0. The van der Waals surface area contributed by atoms with Gasteiger partial charge < -0.3 is 5.73 Å². The molecule has 0 spiro atoms. The summed E-state index contributed by atoms with van der Waals surface area (Å²) in [6, 6.07) is 0. The van der Waals surface area contributed by atoms with Crippen LogP contribution < -0.4 is 5.73 Å². The van der Waals surface area contributed by atoms with Crippen molar-refractivity contribution in [2.75, 3.05) is 0 Å². The summed E-state index contributed by atoms with van der Waals surface area (Å²) in [6.07, 6.45) is 9.14. The molecule has 1 aliphatic carbocycles. The molecule has 0 radical (unpaired) electrons. The molecule has 0 aromatic heterocycles. The standard InChI is InChI=1S/C15H31N/c1-5-7-13(4)10-15(16)9-6-8-14(11-15)12(2)3/h12-14H,5-11,16H2,1-4H3. The Morgan fingerprint density at radius 2 is 2.00 bits per heavy atom. The summed E-state index contributed by atoms with van der Waals surface area (Å²) in [5.74, 6) is 2.48. The largest absolute Gasteiger partial charge is 0.325 e. The van der Waals surface area contributed by atoms with E-state index in [2.05, 4.69) is 27.7 Å². The van der Waals surface area contributed by atoms with Crippen LogP contribution in [0, 0.1) is 17.8 Å². The van der Waals surface area contributed by atoms with E-state index in [-0.39, 0.29) is 5.54 Å². The Morgan fingerprint density at radius 3 is 2.56 bits per heavy atom. The molecule has 1 nitrogen and oxygen atoms in total. The van der Waals surface area contributed by atoms with Crippen LogP contribution in [0.5, 0.6) is 0 Å². The smallest absolute Gasteiger partial charge is 0.0159 e. The highest BCUT2D eigenvalue weighted by Gasteiger charge is 2.34. The van der Waals surface area contributed by atoms with E-state index in [1.807, 2.05) is 0 Å². The van der Waals surface area contributed by atoms with E-state index >= 15 is 0 Å². The van der Waals surface area contributed by atoms with Crippen molar-refractivity contribution in [3.05, 3.63) is 0 Å². The maximum absolute atomic E-state index is 6.62. The molecule has 0 saturated heterocycles. The molecule has 3 atom stereocenters. The lowest BCUT2D eigenvalue weighted by Crippen LogP contribution is -2.46. The number of hydrogen-bond donors (Lipinski definition) is 1. The van der Waals surface area contributed by atoms with Crippen LogP contribution >= 0.6 is 0 Å². The number of nitrogens with two attached hydrogens (primary N) is 1.